The van der Waals surface area contributed by atoms with Crippen molar-refractivity contribution in [3.8, 4) is 11.3 Å². The summed E-state index contributed by atoms with van der Waals surface area (Å²) in [7, 11) is 0. The van der Waals surface area contributed by atoms with Crippen LogP contribution in [-0.2, 0) is 17.4 Å². The predicted molar refractivity (Wildman–Crippen MR) is 113 cm³/mol. The molecule has 4 rings (SSSR count). The first-order chi connectivity index (χ1) is 15.3. The minimum atomic E-state index is -4.38. The quantitative estimate of drug-likeness (QED) is 0.494. The van der Waals surface area contributed by atoms with E-state index in [-0.39, 0.29) is 18.1 Å². The first-order valence-corrected chi connectivity index (χ1v) is 10.3. The molecule has 32 heavy (non-hydrogen) atoms. The van der Waals surface area contributed by atoms with Crippen molar-refractivity contribution in [1.82, 2.24) is 4.90 Å². The summed E-state index contributed by atoms with van der Waals surface area (Å²) in [6.45, 7) is 1.80. The standard InChI is InChI=1S/C24H22F4N2O2/c25-21-7-2-1-6-20(21)22-10-8-19(32-22)9-11-23(31)30-14-12-29(13-15-30)18-5-3-4-17(16-18)24(26,27)28/h1-8,10,16H,9,11-15H2. The van der Waals surface area contributed by atoms with Crippen LogP contribution in [0.2, 0.25) is 0 Å². The number of rotatable bonds is 5. The zero-order chi connectivity index (χ0) is 22.7. The number of nitrogens with zero attached hydrogens (tertiary/aromatic N) is 2. The first kappa shape index (κ1) is 21.9. The second kappa shape index (κ2) is 9.06. The number of alkyl halides is 3. The molecule has 4 nitrogen and oxygen atoms in total. The van der Waals surface area contributed by atoms with Crippen LogP contribution in [0.3, 0.4) is 0 Å². The lowest BCUT2D eigenvalue weighted by Crippen LogP contribution is -2.48. The van der Waals surface area contributed by atoms with E-state index >= 15 is 0 Å². The summed E-state index contributed by atoms with van der Waals surface area (Å²) in [6, 6.07) is 15.0. The van der Waals surface area contributed by atoms with Crippen LogP contribution in [-0.4, -0.2) is 37.0 Å². The molecule has 1 amide bonds. The second-order valence-corrected chi connectivity index (χ2v) is 7.66. The fourth-order valence-corrected chi connectivity index (χ4v) is 3.80. The maximum Gasteiger partial charge on any atom is 0.416 e. The van der Waals surface area contributed by atoms with Crippen LogP contribution in [0.4, 0.5) is 23.2 Å². The molecular formula is C24H22F4N2O2. The van der Waals surface area contributed by atoms with Crippen molar-refractivity contribution >= 4 is 11.6 Å². The van der Waals surface area contributed by atoms with Crippen LogP contribution in [0, 0.1) is 5.82 Å². The molecule has 1 saturated heterocycles. The van der Waals surface area contributed by atoms with E-state index in [1.165, 1.54) is 12.1 Å². The molecule has 2 heterocycles. The van der Waals surface area contributed by atoms with Crippen LogP contribution >= 0.6 is 0 Å². The Morgan fingerprint density at radius 1 is 0.938 bits per heavy atom. The van der Waals surface area contributed by atoms with Gasteiger partial charge < -0.3 is 14.2 Å². The zero-order valence-corrected chi connectivity index (χ0v) is 17.2. The minimum absolute atomic E-state index is 0.0440. The summed E-state index contributed by atoms with van der Waals surface area (Å²) in [6.07, 6.45) is -3.75. The highest BCUT2D eigenvalue weighted by Gasteiger charge is 2.31. The molecule has 1 aliphatic rings. The lowest BCUT2D eigenvalue weighted by molar-refractivity contribution is -0.137. The Kier molecular flexibility index (Phi) is 6.21. The average molecular weight is 446 g/mol. The molecule has 0 unspecified atom stereocenters. The molecule has 1 fully saturated rings. The predicted octanol–water partition coefficient (Wildman–Crippen LogP) is 5.39. The number of halogens is 4. The molecule has 8 heteroatoms. The summed E-state index contributed by atoms with van der Waals surface area (Å²) in [5.74, 6) is 0.597. The summed E-state index contributed by atoms with van der Waals surface area (Å²) in [5, 5.41) is 0. The van der Waals surface area contributed by atoms with E-state index in [1.807, 2.05) is 4.90 Å². The van der Waals surface area contributed by atoms with Gasteiger partial charge in [0.2, 0.25) is 5.91 Å². The number of aryl methyl sites for hydroxylation is 1. The van der Waals surface area contributed by atoms with Crippen molar-refractivity contribution in [2.24, 2.45) is 0 Å². The Bertz CT molecular complexity index is 1090. The smallest absolute Gasteiger partial charge is 0.416 e. The summed E-state index contributed by atoms with van der Waals surface area (Å²) in [4.78, 5) is 16.2. The average Bonchev–Trinajstić information content (AvgIpc) is 3.26. The summed E-state index contributed by atoms with van der Waals surface area (Å²) in [5.41, 5.74) is 0.195. The maximum absolute atomic E-state index is 13.9. The van der Waals surface area contributed by atoms with E-state index < -0.39 is 11.7 Å². The van der Waals surface area contributed by atoms with Gasteiger partial charge in [0.15, 0.2) is 0 Å². The molecule has 0 spiro atoms. The topological polar surface area (TPSA) is 36.7 Å². The molecule has 0 radical (unpaired) electrons. The van der Waals surface area contributed by atoms with Gasteiger partial charge in [-0.15, -0.1) is 0 Å². The van der Waals surface area contributed by atoms with Gasteiger partial charge in [0, 0.05) is 44.7 Å². The number of hydrogen-bond donors (Lipinski definition) is 0. The lowest BCUT2D eigenvalue weighted by atomic mass is 10.1. The van der Waals surface area contributed by atoms with Crippen molar-refractivity contribution in [1.29, 1.82) is 0 Å². The van der Waals surface area contributed by atoms with Gasteiger partial charge in [-0.25, -0.2) is 4.39 Å². The molecule has 2 aromatic carbocycles. The maximum atomic E-state index is 13.9. The van der Waals surface area contributed by atoms with Gasteiger partial charge >= 0.3 is 6.18 Å². The molecule has 1 aromatic heterocycles. The van der Waals surface area contributed by atoms with Gasteiger partial charge in [0.25, 0.3) is 0 Å². The van der Waals surface area contributed by atoms with Crippen molar-refractivity contribution in [3.63, 3.8) is 0 Å². The Balaban J connectivity index is 1.30. The Labute approximate surface area is 183 Å². The van der Waals surface area contributed by atoms with E-state index in [2.05, 4.69) is 0 Å². The van der Waals surface area contributed by atoms with Crippen molar-refractivity contribution in [2.75, 3.05) is 31.1 Å². The molecule has 0 aliphatic carbocycles. The Hall–Kier alpha value is -3.29. The van der Waals surface area contributed by atoms with Crippen LogP contribution < -0.4 is 4.90 Å². The summed E-state index contributed by atoms with van der Waals surface area (Å²) < 4.78 is 58.4. The van der Waals surface area contributed by atoms with Gasteiger partial charge in [0.05, 0.1) is 11.1 Å². The third-order valence-corrected chi connectivity index (χ3v) is 5.56. The SMILES string of the molecule is O=C(CCc1ccc(-c2ccccc2F)o1)N1CCN(c2cccc(C(F)(F)F)c2)CC1. The monoisotopic (exact) mass is 446 g/mol. The highest BCUT2D eigenvalue weighted by Crippen LogP contribution is 2.32. The number of hydrogen-bond acceptors (Lipinski definition) is 3. The number of carbonyl (C=O) groups excluding carboxylic acids is 1. The number of carbonyl (C=O) groups is 1. The third kappa shape index (κ3) is 4.95. The Morgan fingerprint density at radius 3 is 2.41 bits per heavy atom. The first-order valence-electron chi connectivity index (χ1n) is 10.3. The van der Waals surface area contributed by atoms with E-state index in [4.69, 9.17) is 4.42 Å². The molecular weight excluding hydrogens is 424 g/mol. The fourth-order valence-electron chi connectivity index (χ4n) is 3.80. The van der Waals surface area contributed by atoms with Crippen molar-refractivity contribution in [2.45, 2.75) is 19.0 Å². The van der Waals surface area contributed by atoms with E-state index in [0.29, 0.717) is 55.4 Å². The van der Waals surface area contributed by atoms with E-state index in [1.54, 1.807) is 41.3 Å². The van der Waals surface area contributed by atoms with Crippen LogP contribution in [0.25, 0.3) is 11.3 Å². The number of benzene rings is 2. The molecule has 0 saturated carbocycles. The number of amides is 1. The Morgan fingerprint density at radius 2 is 1.69 bits per heavy atom. The van der Waals surface area contributed by atoms with Gasteiger partial charge in [-0.2, -0.15) is 13.2 Å². The minimum Gasteiger partial charge on any atom is -0.461 e. The normalized spacial score (nSPS) is 14.6. The third-order valence-electron chi connectivity index (χ3n) is 5.56. The molecule has 0 bridgehead atoms. The van der Waals surface area contributed by atoms with E-state index in [9.17, 15) is 22.4 Å². The van der Waals surface area contributed by atoms with Crippen molar-refractivity contribution < 1.29 is 26.8 Å². The van der Waals surface area contributed by atoms with Crippen LogP contribution in [0.15, 0.2) is 65.1 Å². The fraction of sp³-hybridized carbons (Fsp3) is 0.292. The van der Waals surface area contributed by atoms with Crippen molar-refractivity contribution in [3.05, 3.63) is 77.8 Å². The number of piperazine rings is 1. The zero-order valence-electron chi connectivity index (χ0n) is 17.2. The number of furan rings is 1. The van der Waals surface area contributed by atoms with Gasteiger partial charge in [-0.1, -0.05) is 18.2 Å². The van der Waals surface area contributed by atoms with Gasteiger partial charge in [-0.3, -0.25) is 4.79 Å². The van der Waals surface area contributed by atoms with E-state index in [0.717, 1.165) is 12.1 Å². The van der Waals surface area contributed by atoms with Crippen LogP contribution in [0.5, 0.6) is 0 Å². The van der Waals surface area contributed by atoms with Gasteiger partial charge in [0.1, 0.15) is 17.3 Å². The lowest BCUT2D eigenvalue weighted by Gasteiger charge is -2.36. The molecule has 3 aromatic rings. The summed E-state index contributed by atoms with van der Waals surface area (Å²) >= 11 is 0. The molecule has 0 N–H and O–H groups in total. The number of anilines is 1. The van der Waals surface area contributed by atoms with Crippen LogP contribution in [0.1, 0.15) is 17.7 Å². The largest absolute Gasteiger partial charge is 0.461 e. The highest BCUT2D eigenvalue weighted by molar-refractivity contribution is 5.76. The molecule has 168 valence electrons. The highest BCUT2D eigenvalue weighted by atomic mass is 19.4. The van der Waals surface area contributed by atoms with Gasteiger partial charge in [-0.05, 0) is 42.5 Å². The second-order valence-electron chi connectivity index (χ2n) is 7.66. The molecule has 0 atom stereocenters. The molecule has 1 aliphatic heterocycles.